The van der Waals surface area contributed by atoms with Gasteiger partial charge in [-0.3, -0.25) is 4.40 Å². The molecule has 1 saturated heterocycles. The molecule has 4 rings (SSSR count). The number of hydrogen-bond acceptors (Lipinski definition) is 8. The summed E-state index contributed by atoms with van der Waals surface area (Å²) in [5, 5.41) is 7.17. The van der Waals surface area contributed by atoms with Crippen molar-refractivity contribution in [3.8, 4) is 11.5 Å². The molecule has 1 fully saturated rings. The van der Waals surface area contributed by atoms with E-state index in [1.807, 2.05) is 10.5 Å². The number of nitrogens with zero attached hydrogens (tertiary/aromatic N) is 7. The number of nitrogens with one attached hydrogen (secondary N) is 1. The van der Waals surface area contributed by atoms with Gasteiger partial charge in [-0.2, -0.15) is 0 Å². The summed E-state index contributed by atoms with van der Waals surface area (Å²) in [5.41, 5.74) is 8.40. The fourth-order valence-electron chi connectivity index (χ4n) is 3.06. The van der Waals surface area contributed by atoms with Crippen LogP contribution in [0.1, 0.15) is 5.69 Å². The van der Waals surface area contributed by atoms with Crippen molar-refractivity contribution < 1.29 is 0 Å². The molecule has 138 valence electrons. The molecular formula is C18H21N9. The Bertz CT molecular complexity index is 999. The molecule has 0 bridgehead atoms. The minimum Gasteiger partial charge on any atom is -0.397 e. The Morgan fingerprint density at radius 2 is 1.96 bits per heavy atom. The quantitative estimate of drug-likeness (QED) is 0.662. The molecule has 0 aromatic carbocycles. The SMILES string of the molecule is CN1CCN(c2ccnc(-c3cnc4cnc(C(N)=CC=N)cn34)n2)CC1. The van der Waals surface area contributed by atoms with Gasteiger partial charge in [-0.25, -0.2) is 19.9 Å². The molecule has 27 heavy (non-hydrogen) atoms. The van der Waals surface area contributed by atoms with Gasteiger partial charge in [-0.1, -0.05) is 0 Å². The van der Waals surface area contributed by atoms with Gasteiger partial charge in [0.1, 0.15) is 17.2 Å². The highest BCUT2D eigenvalue weighted by molar-refractivity contribution is 5.80. The van der Waals surface area contributed by atoms with E-state index >= 15 is 0 Å². The van der Waals surface area contributed by atoms with Gasteiger partial charge in [0.15, 0.2) is 11.5 Å². The summed E-state index contributed by atoms with van der Waals surface area (Å²) in [6.07, 6.45) is 9.59. The van der Waals surface area contributed by atoms with Crippen LogP contribution in [0.4, 0.5) is 5.82 Å². The third-order valence-corrected chi connectivity index (χ3v) is 4.65. The third-order valence-electron chi connectivity index (χ3n) is 4.65. The Labute approximate surface area is 156 Å². The highest BCUT2D eigenvalue weighted by Gasteiger charge is 2.17. The van der Waals surface area contributed by atoms with Crippen LogP contribution in [0.3, 0.4) is 0 Å². The van der Waals surface area contributed by atoms with Gasteiger partial charge >= 0.3 is 0 Å². The second kappa shape index (κ2) is 7.12. The van der Waals surface area contributed by atoms with Crippen LogP contribution in [0.2, 0.25) is 0 Å². The lowest BCUT2D eigenvalue weighted by molar-refractivity contribution is 0.312. The first-order valence-corrected chi connectivity index (χ1v) is 8.72. The molecule has 3 N–H and O–H groups in total. The molecule has 0 atom stereocenters. The smallest absolute Gasteiger partial charge is 0.180 e. The summed E-state index contributed by atoms with van der Waals surface area (Å²) in [6, 6.07) is 1.94. The normalized spacial score (nSPS) is 16.0. The minimum atomic E-state index is 0.415. The number of aromatic nitrogens is 5. The molecule has 3 aromatic rings. The fourth-order valence-corrected chi connectivity index (χ4v) is 3.06. The van der Waals surface area contributed by atoms with Crippen molar-refractivity contribution in [1.29, 1.82) is 5.41 Å². The van der Waals surface area contributed by atoms with Gasteiger partial charge in [-0.15, -0.1) is 0 Å². The van der Waals surface area contributed by atoms with Crippen LogP contribution in [-0.2, 0) is 0 Å². The van der Waals surface area contributed by atoms with E-state index in [0.717, 1.165) is 43.9 Å². The molecule has 9 nitrogen and oxygen atoms in total. The first-order chi connectivity index (χ1) is 13.2. The van der Waals surface area contributed by atoms with Crippen molar-refractivity contribution in [3.63, 3.8) is 0 Å². The van der Waals surface area contributed by atoms with Crippen molar-refractivity contribution in [1.82, 2.24) is 29.2 Å². The predicted molar refractivity (Wildman–Crippen MR) is 105 cm³/mol. The lowest BCUT2D eigenvalue weighted by Crippen LogP contribution is -2.44. The standard InChI is InChI=1S/C18H21N9/c1-25-6-8-26(9-7-25)16-3-5-21-18(24-16)15-10-23-17-11-22-14(12-27(15)17)13(20)2-4-19/h2-5,10-12,19H,6-9,20H2,1H3. The van der Waals surface area contributed by atoms with Gasteiger partial charge in [0, 0.05) is 44.8 Å². The van der Waals surface area contributed by atoms with Crippen molar-refractivity contribution >= 4 is 23.4 Å². The summed E-state index contributed by atoms with van der Waals surface area (Å²) in [4.78, 5) is 22.5. The van der Waals surface area contributed by atoms with Crippen LogP contribution < -0.4 is 10.6 Å². The zero-order chi connectivity index (χ0) is 18.8. The van der Waals surface area contributed by atoms with E-state index in [2.05, 4.69) is 31.8 Å². The predicted octanol–water partition coefficient (Wildman–Crippen LogP) is 0.887. The van der Waals surface area contributed by atoms with Crippen LogP contribution in [0.15, 0.2) is 36.9 Å². The third kappa shape index (κ3) is 3.36. The highest BCUT2D eigenvalue weighted by atomic mass is 15.3. The average molecular weight is 363 g/mol. The van der Waals surface area contributed by atoms with E-state index < -0.39 is 0 Å². The van der Waals surface area contributed by atoms with Crippen molar-refractivity contribution in [2.24, 2.45) is 5.73 Å². The van der Waals surface area contributed by atoms with E-state index in [1.54, 1.807) is 24.8 Å². The Morgan fingerprint density at radius 1 is 1.15 bits per heavy atom. The lowest BCUT2D eigenvalue weighted by atomic mass is 10.3. The van der Waals surface area contributed by atoms with Gasteiger partial charge in [0.25, 0.3) is 0 Å². The maximum absolute atomic E-state index is 7.17. The molecule has 0 unspecified atom stereocenters. The number of hydrogen-bond donors (Lipinski definition) is 2. The van der Waals surface area contributed by atoms with Crippen molar-refractivity contribution in [2.45, 2.75) is 0 Å². The first kappa shape index (κ1) is 17.1. The topological polar surface area (TPSA) is 112 Å². The number of rotatable bonds is 4. The molecular weight excluding hydrogens is 342 g/mol. The number of likely N-dealkylation sites (N-methyl/N-ethyl adjacent to an activating group) is 1. The first-order valence-electron chi connectivity index (χ1n) is 8.72. The Kier molecular flexibility index (Phi) is 4.51. The van der Waals surface area contributed by atoms with Gasteiger partial charge in [0.05, 0.1) is 18.1 Å². The van der Waals surface area contributed by atoms with E-state index in [4.69, 9.17) is 16.1 Å². The van der Waals surface area contributed by atoms with Gasteiger partial charge in [-0.05, 0) is 19.2 Å². The van der Waals surface area contributed by atoms with E-state index in [1.165, 1.54) is 6.08 Å². The molecule has 0 saturated carbocycles. The summed E-state index contributed by atoms with van der Waals surface area (Å²) in [6.45, 7) is 3.92. The number of allylic oxidation sites excluding steroid dienone is 1. The average Bonchev–Trinajstić information content (AvgIpc) is 3.12. The van der Waals surface area contributed by atoms with Crippen molar-refractivity contribution in [3.05, 3.63) is 42.6 Å². The van der Waals surface area contributed by atoms with E-state index in [9.17, 15) is 0 Å². The number of piperazine rings is 1. The summed E-state index contributed by atoms with van der Waals surface area (Å²) in [5.74, 6) is 1.52. The van der Waals surface area contributed by atoms with Crippen molar-refractivity contribution in [2.75, 3.05) is 38.1 Å². The Balaban J connectivity index is 1.72. The van der Waals surface area contributed by atoms with Crippen LogP contribution in [0.25, 0.3) is 22.9 Å². The highest BCUT2D eigenvalue weighted by Crippen LogP contribution is 2.21. The molecule has 1 aliphatic rings. The zero-order valence-electron chi connectivity index (χ0n) is 15.1. The molecule has 1 aliphatic heterocycles. The summed E-state index contributed by atoms with van der Waals surface area (Å²) in [7, 11) is 2.13. The number of fused-ring (bicyclic) bond motifs is 1. The van der Waals surface area contributed by atoms with E-state index in [-0.39, 0.29) is 0 Å². The molecule has 9 heteroatoms. The monoisotopic (exact) mass is 363 g/mol. The molecule has 3 aromatic heterocycles. The number of anilines is 1. The van der Waals surface area contributed by atoms with E-state index in [0.29, 0.717) is 22.9 Å². The summed E-state index contributed by atoms with van der Waals surface area (Å²) >= 11 is 0. The van der Waals surface area contributed by atoms with Crippen LogP contribution >= 0.6 is 0 Å². The molecule has 0 amide bonds. The maximum Gasteiger partial charge on any atom is 0.180 e. The second-order valence-electron chi connectivity index (χ2n) is 6.46. The largest absolute Gasteiger partial charge is 0.397 e. The van der Waals surface area contributed by atoms with Gasteiger partial charge in [0.2, 0.25) is 0 Å². The fraction of sp³-hybridized carbons (Fsp3) is 0.278. The second-order valence-corrected chi connectivity index (χ2v) is 6.46. The van der Waals surface area contributed by atoms with Crippen LogP contribution in [0, 0.1) is 5.41 Å². The Morgan fingerprint density at radius 3 is 2.74 bits per heavy atom. The number of nitrogens with two attached hydrogens (primary N) is 1. The molecule has 0 radical (unpaired) electrons. The van der Waals surface area contributed by atoms with Gasteiger partial charge < -0.3 is 20.9 Å². The zero-order valence-corrected chi connectivity index (χ0v) is 15.1. The summed E-state index contributed by atoms with van der Waals surface area (Å²) < 4.78 is 1.87. The molecule has 4 heterocycles. The van der Waals surface area contributed by atoms with Crippen LogP contribution in [0.5, 0.6) is 0 Å². The number of imidazole rings is 1. The minimum absolute atomic E-state index is 0.415. The lowest BCUT2D eigenvalue weighted by Gasteiger charge is -2.33. The molecule has 0 spiro atoms. The Hall–Kier alpha value is -3.33. The molecule has 0 aliphatic carbocycles. The van der Waals surface area contributed by atoms with Crippen LogP contribution in [-0.4, -0.2) is 68.7 Å². The maximum atomic E-state index is 7.17.